The molecule has 0 atom stereocenters. The zero-order valence-electron chi connectivity index (χ0n) is 16.8. The molecular formula is C21H24N4O5. The molecule has 1 saturated heterocycles. The van der Waals surface area contributed by atoms with Gasteiger partial charge in [0.2, 0.25) is 11.8 Å². The van der Waals surface area contributed by atoms with E-state index >= 15 is 0 Å². The van der Waals surface area contributed by atoms with Crippen LogP contribution in [0.2, 0.25) is 0 Å². The van der Waals surface area contributed by atoms with E-state index in [9.17, 15) is 24.5 Å². The van der Waals surface area contributed by atoms with Crippen molar-refractivity contribution in [1.82, 2.24) is 9.47 Å². The summed E-state index contributed by atoms with van der Waals surface area (Å²) in [6.07, 6.45) is 4.00. The number of nitrogens with zero attached hydrogens (tertiary/aromatic N) is 4. The number of piperidine rings is 1. The number of hydrogen-bond acceptors (Lipinski definition) is 5. The van der Waals surface area contributed by atoms with Crippen molar-refractivity contribution >= 4 is 23.2 Å². The summed E-state index contributed by atoms with van der Waals surface area (Å²) in [5.74, 6) is -0.651. The lowest BCUT2D eigenvalue weighted by Gasteiger charge is -2.30. The van der Waals surface area contributed by atoms with E-state index in [1.54, 1.807) is 17.0 Å². The van der Waals surface area contributed by atoms with Crippen LogP contribution in [0.5, 0.6) is 0 Å². The predicted molar refractivity (Wildman–Crippen MR) is 111 cm³/mol. The first-order chi connectivity index (χ1) is 14.3. The van der Waals surface area contributed by atoms with Crippen LogP contribution in [-0.2, 0) is 16.1 Å². The third kappa shape index (κ3) is 5.11. The van der Waals surface area contributed by atoms with Gasteiger partial charge >= 0.3 is 0 Å². The molecule has 0 bridgehead atoms. The fourth-order valence-corrected chi connectivity index (χ4v) is 3.41. The molecule has 30 heavy (non-hydrogen) atoms. The number of aryl methyl sites for hydroxylation is 1. The average Bonchev–Trinajstić information content (AvgIpc) is 2.74. The van der Waals surface area contributed by atoms with Crippen molar-refractivity contribution in [1.29, 1.82) is 0 Å². The summed E-state index contributed by atoms with van der Waals surface area (Å²) in [7, 11) is 0. The number of carbonyl (C=O) groups is 2. The lowest BCUT2D eigenvalue weighted by molar-refractivity contribution is -0.385. The van der Waals surface area contributed by atoms with Gasteiger partial charge in [0.05, 0.1) is 11.1 Å². The minimum absolute atomic E-state index is 0.147. The summed E-state index contributed by atoms with van der Waals surface area (Å²) in [5, 5.41) is 11.0. The number of rotatable bonds is 6. The van der Waals surface area contributed by atoms with Crippen LogP contribution >= 0.6 is 0 Å². The molecule has 1 aromatic carbocycles. The molecule has 2 aromatic rings. The number of amides is 2. The largest absolute Gasteiger partial charge is 0.341 e. The molecule has 2 heterocycles. The number of anilines is 1. The second-order valence-electron chi connectivity index (χ2n) is 7.37. The van der Waals surface area contributed by atoms with Gasteiger partial charge in [0.15, 0.2) is 0 Å². The molecule has 1 aliphatic rings. The lowest BCUT2D eigenvalue weighted by Crippen LogP contribution is -2.46. The van der Waals surface area contributed by atoms with Gasteiger partial charge in [0.25, 0.3) is 11.2 Å². The Morgan fingerprint density at radius 2 is 1.73 bits per heavy atom. The number of nitro groups is 1. The summed E-state index contributed by atoms with van der Waals surface area (Å²) in [5.41, 5.74) is 0.728. The Bertz CT molecular complexity index is 993. The van der Waals surface area contributed by atoms with Crippen LogP contribution in [0.25, 0.3) is 0 Å². The average molecular weight is 412 g/mol. The Morgan fingerprint density at radius 1 is 1.07 bits per heavy atom. The molecule has 158 valence electrons. The molecule has 0 N–H and O–H groups in total. The van der Waals surface area contributed by atoms with Gasteiger partial charge in [-0.05, 0) is 38.3 Å². The van der Waals surface area contributed by atoms with Gasteiger partial charge in [-0.2, -0.15) is 0 Å². The zero-order valence-corrected chi connectivity index (χ0v) is 16.8. The lowest BCUT2D eigenvalue weighted by atomic mass is 10.1. The molecular weight excluding hydrogens is 388 g/mol. The summed E-state index contributed by atoms with van der Waals surface area (Å²) >= 11 is 0. The Hall–Kier alpha value is -3.49. The molecule has 9 heteroatoms. The van der Waals surface area contributed by atoms with Gasteiger partial charge in [-0.1, -0.05) is 17.7 Å². The van der Waals surface area contributed by atoms with Gasteiger partial charge in [-0.25, -0.2) is 0 Å². The summed E-state index contributed by atoms with van der Waals surface area (Å²) < 4.78 is 0.993. The van der Waals surface area contributed by atoms with Crippen molar-refractivity contribution in [2.75, 3.05) is 24.5 Å². The third-order valence-electron chi connectivity index (χ3n) is 5.13. The highest BCUT2D eigenvalue weighted by Gasteiger charge is 2.24. The highest BCUT2D eigenvalue weighted by Crippen LogP contribution is 2.18. The molecule has 1 aromatic heterocycles. The van der Waals surface area contributed by atoms with Crippen molar-refractivity contribution in [2.45, 2.75) is 32.7 Å². The van der Waals surface area contributed by atoms with Crippen molar-refractivity contribution in [3.63, 3.8) is 0 Å². The highest BCUT2D eigenvalue weighted by atomic mass is 16.6. The number of pyridine rings is 1. The maximum absolute atomic E-state index is 13.1. The van der Waals surface area contributed by atoms with Gasteiger partial charge < -0.3 is 9.80 Å². The molecule has 1 fully saturated rings. The van der Waals surface area contributed by atoms with Crippen LogP contribution in [-0.4, -0.2) is 45.8 Å². The normalized spacial score (nSPS) is 13.7. The Morgan fingerprint density at radius 3 is 2.37 bits per heavy atom. The monoisotopic (exact) mass is 412 g/mol. The van der Waals surface area contributed by atoms with E-state index < -0.39 is 22.9 Å². The summed E-state index contributed by atoms with van der Waals surface area (Å²) in [6.45, 7) is 2.70. The molecule has 0 aliphatic carbocycles. The van der Waals surface area contributed by atoms with E-state index in [1.807, 2.05) is 19.1 Å². The number of carbonyl (C=O) groups excluding carboxylic acids is 2. The third-order valence-corrected chi connectivity index (χ3v) is 5.13. The maximum Gasteiger partial charge on any atom is 0.285 e. The number of hydrogen-bond donors (Lipinski definition) is 0. The number of likely N-dealkylation sites (tertiary alicyclic amines) is 1. The van der Waals surface area contributed by atoms with E-state index in [1.165, 1.54) is 4.90 Å². The molecule has 0 radical (unpaired) electrons. The number of aromatic nitrogens is 1. The molecule has 0 saturated carbocycles. The molecule has 0 spiro atoms. The van der Waals surface area contributed by atoms with Crippen molar-refractivity contribution in [3.05, 3.63) is 68.6 Å². The molecule has 9 nitrogen and oxygen atoms in total. The zero-order chi connectivity index (χ0) is 21.7. The first-order valence-electron chi connectivity index (χ1n) is 9.85. The second-order valence-corrected chi connectivity index (χ2v) is 7.37. The van der Waals surface area contributed by atoms with Crippen molar-refractivity contribution < 1.29 is 14.5 Å². The van der Waals surface area contributed by atoms with Crippen LogP contribution in [0.15, 0.2) is 47.4 Å². The molecule has 2 amide bonds. The van der Waals surface area contributed by atoms with E-state index in [-0.39, 0.29) is 18.1 Å². The van der Waals surface area contributed by atoms with Gasteiger partial charge in [-0.15, -0.1) is 0 Å². The van der Waals surface area contributed by atoms with Crippen LogP contribution in [0.4, 0.5) is 11.4 Å². The SMILES string of the molecule is Cc1ccc(N(CC(=O)N2CCCCC2)C(=O)Cn2cc([N+](=O)[O-])ccc2=O)cc1. The Labute approximate surface area is 173 Å². The van der Waals surface area contributed by atoms with Crippen LogP contribution in [0, 0.1) is 17.0 Å². The van der Waals surface area contributed by atoms with Crippen LogP contribution in [0.3, 0.4) is 0 Å². The highest BCUT2D eigenvalue weighted by molar-refractivity contribution is 5.98. The molecule has 3 rings (SSSR count). The first kappa shape index (κ1) is 21.2. The Kier molecular flexibility index (Phi) is 6.61. The van der Waals surface area contributed by atoms with Gasteiger partial charge in [-0.3, -0.25) is 29.1 Å². The van der Waals surface area contributed by atoms with E-state index in [0.29, 0.717) is 18.8 Å². The summed E-state index contributed by atoms with van der Waals surface area (Å²) in [6, 6.07) is 9.31. The van der Waals surface area contributed by atoms with Crippen LogP contribution < -0.4 is 10.5 Å². The molecule has 1 aliphatic heterocycles. The number of benzene rings is 1. The topological polar surface area (TPSA) is 106 Å². The predicted octanol–water partition coefficient (Wildman–Crippen LogP) is 2.11. The minimum atomic E-state index is -0.627. The summed E-state index contributed by atoms with van der Waals surface area (Å²) in [4.78, 5) is 51.4. The van der Waals surface area contributed by atoms with Crippen molar-refractivity contribution in [3.8, 4) is 0 Å². The maximum atomic E-state index is 13.1. The quantitative estimate of drug-likeness (QED) is 0.534. The first-order valence-corrected chi connectivity index (χ1v) is 9.85. The standard InChI is InChI=1S/C21H24N4O5/c1-16-5-7-17(8-6-16)24(15-20(27)22-11-3-2-4-12-22)21(28)14-23-13-18(25(29)30)9-10-19(23)26/h5-10,13H,2-4,11-12,14-15H2,1H3. The Balaban J connectivity index is 1.85. The second kappa shape index (κ2) is 9.34. The molecule has 0 unspecified atom stereocenters. The van der Waals surface area contributed by atoms with Gasteiger partial charge in [0, 0.05) is 30.9 Å². The smallest absolute Gasteiger partial charge is 0.285 e. The van der Waals surface area contributed by atoms with Crippen molar-refractivity contribution in [2.24, 2.45) is 0 Å². The fraction of sp³-hybridized carbons (Fsp3) is 0.381. The van der Waals surface area contributed by atoms with Gasteiger partial charge in [0.1, 0.15) is 13.1 Å². The van der Waals surface area contributed by atoms with E-state index in [0.717, 1.165) is 47.7 Å². The fourth-order valence-electron chi connectivity index (χ4n) is 3.41. The van der Waals surface area contributed by atoms with E-state index in [4.69, 9.17) is 0 Å². The van der Waals surface area contributed by atoms with Crippen LogP contribution in [0.1, 0.15) is 24.8 Å². The minimum Gasteiger partial charge on any atom is -0.341 e. The van der Waals surface area contributed by atoms with E-state index in [2.05, 4.69) is 0 Å².